The highest BCUT2D eigenvalue weighted by molar-refractivity contribution is 5.04. The van der Waals surface area contributed by atoms with E-state index in [0.717, 1.165) is 36.4 Å². The highest BCUT2D eigenvalue weighted by Crippen LogP contribution is 2.08. The standard InChI is InChI=1S/C13H24N2O/c1-10(2)7-5-6-8-14-9-13-15-11(3)12(4)16-13/h10,14H,5-9H2,1-4H3. The normalized spacial score (nSPS) is 11.3. The number of aromatic nitrogens is 1. The largest absolute Gasteiger partial charge is 0.444 e. The second-order valence-electron chi connectivity index (χ2n) is 4.82. The number of hydrogen-bond donors (Lipinski definition) is 1. The second kappa shape index (κ2) is 6.69. The monoisotopic (exact) mass is 224 g/mol. The first-order valence-electron chi connectivity index (χ1n) is 6.23. The van der Waals surface area contributed by atoms with Gasteiger partial charge < -0.3 is 9.73 Å². The molecule has 1 rings (SSSR count). The number of nitrogens with zero attached hydrogens (tertiary/aromatic N) is 1. The van der Waals surface area contributed by atoms with Crippen LogP contribution >= 0.6 is 0 Å². The smallest absolute Gasteiger partial charge is 0.208 e. The van der Waals surface area contributed by atoms with Crippen molar-refractivity contribution in [2.45, 2.75) is 53.5 Å². The molecule has 0 spiro atoms. The van der Waals surface area contributed by atoms with E-state index >= 15 is 0 Å². The maximum atomic E-state index is 5.49. The van der Waals surface area contributed by atoms with Gasteiger partial charge in [-0.2, -0.15) is 0 Å². The molecule has 0 saturated heterocycles. The minimum Gasteiger partial charge on any atom is -0.444 e. The Balaban J connectivity index is 2.07. The third kappa shape index (κ3) is 4.79. The van der Waals surface area contributed by atoms with Crippen molar-refractivity contribution in [2.75, 3.05) is 6.54 Å². The van der Waals surface area contributed by atoms with Crippen LogP contribution in [0.1, 0.15) is 50.5 Å². The average Bonchev–Trinajstić information content (AvgIpc) is 2.52. The third-order valence-corrected chi connectivity index (χ3v) is 2.73. The van der Waals surface area contributed by atoms with Gasteiger partial charge in [0.2, 0.25) is 5.89 Å². The van der Waals surface area contributed by atoms with E-state index in [1.165, 1.54) is 19.3 Å². The fourth-order valence-electron chi connectivity index (χ4n) is 1.61. The fourth-order valence-corrected chi connectivity index (χ4v) is 1.61. The summed E-state index contributed by atoms with van der Waals surface area (Å²) in [5.74, 6) is 2.55. The lowest BCUT2D eigenvalue weighted by molar-refractivity contribution is 0.442. The van der Waals surface area contributed by atoms with Crippen molar-refractivity contribution in [3.63, 3.8) is 0 Å². The lowest BCUT2D eigenvalue weighted by Gasteiger charge is -2.04. The van der Waals surface area contributed by atoms with Crippen LogP contribution in [0.5, 0.6) is 0 Å². The fraction of sp³-hybridized carbons (Fsp3) is 0.769. The molecule has 16 heavy (non-hydrogen) atoms. The summed E-state index contributed by atoms with van der Waals surface area (Å²) in [6.45, 7) is 10.3. The zero-order chi connectivity index (χ0) is 12.0. The van der Waals surface area contributed by atoms with Crippen LogP contribution in [0.3, 0.4) is 0 Å². The molecule has 3 nitrogen and oxygen atoms in total. The lowest BCUT2D eigenvalue weighted by Crippen LogP contribution is -2.15. The van der Waals surface area contributed by atoms with Gasteiger partial charge in [-0.3, -0.25) is 0 Å². The van der Waals surface area contributed by atoms with Gasteiger partial charge >= 0.3 is 0 Å². The van der Waals surface area contributed by atoms with Gasteiger partial charge in [-0.15, -0.1) is 0 Å². The first-order chi connectivity index (χ1) is 7.59. The van der Waals surface area contributed by atoms with Crippen LogP contribution < -0.4 is 5.32 Å². The molecule has 0 radical (unpaired) electrons. The number of hydrogen-bond acceptors (Lipinski definition) is 3. The van der Waals surface area contributed by atoms with Crippen molar-refractivity contribution in [3.05, 3.63) is 17.3 Å². The zero-order valence-corrected chi connectivity index (χ0v) is 11.0. The Kier molecular flexibility index (Phi) is 5.53. The number of oxazole rings is 1. The molecule has 0 saturated carbocycles. The molecule has 0 atom stereocenters. The Hall–Kier alpha value is -0.830. The summed E-state index contributed by atoms with van der Waals surface area (Å²) in [6, 6.07) is 0. The molecule has 1 N–H and O–H groups in total. The predicted octanol–water partition coefficient (Wildman–Crippen LogP) is 3.21. The maximum Gasteiger partial charge on any atom is 0.208 e. The topological polar surface area (TPSA) is 38.1 Å². The highest BCUT2D eigenvalue weighted by Gasteiger charge is 2.04. The average molecular weight is 224 g/mol. The van der Waals surface area contributed by atoms with Crippen LogP contribution in [0.2, 0.25) is 0 Å². The van der Waals surface area contributed by atoms with Crippen molar-refractivity contribution in [1.82, 2.24) is 10.3 Å². The minimum absolute atomic E-state index is 0.746. The Morgan fingerprint density at radius 3 is 2.56 bits per heavy atom. The van der Waals surface area contributed by atoms with Crippen LogP contribution in [0.4, 0.5) is 0 Å². The van der Waals surface area contributed by atoms with Crippen molar-refractivity contribution in [1.29, 1.82) is 0 Å². The minimum atomic E-state index is 0.746. The summed E-state index contributed by atoms with van der Waals surface area (Å²) in [5, 5.41) is 3.36. The third-order valence-electron chi connectivity index (χ3n) is 2.73. The Morgan fingerprint density at radius 2 is 2.00 bits per heavy atom. The predicted molar refractivity (Wildman–Crippen MR) is 66.4 cm³/mol. The van der Waals surface area contributed by atoms with Gasteiger partial charge in [-0.05, 0) is 32.7 Å². The van der Waals surface area contributed by atoms with Crippen molar-refractivity contribution >= 4 is 0 Å². The molecule has 0 fully saturated rings. The number of rotatable bonds is 7. The molecule has 0 aliphatic carbocycles. The quantitative estimate of drug-likeness (QED) is 0.723. The summed E-state index contributed by atoms with van der Waals surface area (Å²) >= 11 is 0. The SMILES string of the molecule is Cc1nc(CNCCCCC(C)C)oc1C. The second-order valence-corrected chi connectivity index (χ2v) is 4.82. The highest BCUT2D eigenvalue weighted by atomic mass is 16.4. The molecule has 0 aromatic carbocycles. The number of unbranched alkanes of at least 4 members (excludes halogenated alkanes) is 1. The number of aryl methyl sites for hydroxylation is 2. The van der Waals surface area contributed by atoms with Gasteiger partial charge in [0.1, 0.15) is 5.76 Å². The molecule has 3 heteroatoms. The summed E-state index contributed by atoms with van der Waals surface area (Å²) in [6.07, 6.45) is 3.85. The molecule has 1 aromatic heterocycles. The van der Waals surface area contributed by atoms with Gasteiger partial charge in [0.25, 0.3) is 0 Å². The van der Waals surface area contributed by atoms with E-state index in [-0.39, 0.29) is 0 Å². The van der Waals surface area contributed by atoms with E-state index in [2.05, 4.69) is 24.1 Å². The number of nitrogens with one attached hydrogen (secondary N) is 1. The molecule has 0 amide bonds. The van der Waals surface area contributed by atoms with Crippen LogP contribution in [0, 0.1) is 19.8 Å². The van der Waals surface area contributed by atoms with Crippen LogP contribution in [-0.2, 0) is 6.54 Å². The molecule has 0 unspecified atom stereocenters. The summed E-state index contributed by atoms with van der Waals surface area (Å²) in [4.78, 5) is 4.33. The van der Waals surface area contributed by atoms with E-state index in [9.17, 15) is 0 Å². The van der Waals surface area contributed by atoms with E-state index in [0.29, 0.717) is 0 Å². The van der Waals surface area contributed by atoms with Crippen molar-refractivity contribution in [2.24, 2.45) is 5.92 Å². The summed E-state index contributed by atoms with van der Waals surface area (Å²) in [5.41, 5.74) is 0.997. The van der Waals surface area contributed by atoms with Crippen molar-refractivity contribution in [3.8, 4) is 0 Å². The van der Waals surface area contributed by atoms with E-state index in [1.807, 2.05) is 13.8 Å². The first kappa shape index (κ1) is 13.2. The molecule has 0 bridgehead atoms. The van der Waals surface area contributed by atoms with Gasteiger partial charge in [-0.1, -0.05) is 26.7 Å². The van der Waals surface area contributed by atoms with Gasteiger partial charge in [0, 0.05) is 0 Å². The molecule has 1 heterocycles. The molecule has 92 valence electrons. The van der Waals surface area contributed by atoms with Gasteiger partial charge in [0.15, 0.2) is 0 Å². The Bertz CT molecular complexity index is 285. The summed E-state index contributed by atoms with van der Waals surface area (Å²) in [7, 11) is 0. The Morgan fingerprint density at radius 1 is 1.25 bits per heavy atom. The molecule has 0 aliphatic rings. The molecule has 0 aliphatic heterocycles. The van der Waals surface area contributed by atoms with Gasteiger partial charge in [-0.25, -0.2) is 4.98 Å². The summed E-state index contributed by atoms with van der Waals surface area (Å²) < 4.78 is 5.49. The lowest BCUT2D eigenvalue weighted by atomic mass is 10.1. The molecule has 1 aromatic rings. The Labute approximate surface area is 98.6 Å². The van der Waals surface area contributed by atoms with Crippen LogP contribution in [0.25, 0.3) is 0 Å². The van der Waals surface area contributed by atoms with E-state index in [1.54, 1.807) is 0 Å². The first-order valence-corrected chi connectivity index (χ1v) is 6.23. The molecular weight excluding hydrogens is 200 g/mol. The van der Waals surface area contributed by atoms with E-state index in [4.69, 9.17) is 4.42 Å². The zero-order valence-electron chi connectivity index (χ0n) is 11.0. The van der Waals surface area contributed by atoms with E-state index < -0.39 is 0 Å². The maximum absolute atomic E-state index is 5.49. The van der Waals surface area contributed by atoms with Crippen LogP contribution in [-0.4, -0.2) is 11.5 Å². The van der Waals surface area contributed by atoms with Crippen LogP contribution in [0.15, 0.2) is 4.42 Å². The van der Waals surface area contributed by atoms with Crippen molar-refractivity contribution < 1.29 is 4.42 Å². The molecular formula is C13H24N2O. The van der Waals surface area contributed by atoms with Gasteiger partial charge in [0.05, 0.1) is 12.2 Å².